The maximum absolute atomic E-state index is 12.9. The molecule has 1 amide bonds. The minimum absolute atomic E-state index is 0.00913. The van der Waals surface area contributed by atoms with E-state index in [9.17, 15) is 22.8 Å². The largest absolute Gasteiger partial charge is 0.431 e. The van der Waals surface area contributed by atoms with Crippen molar-refractivity contribution in [2.24, 2.45) is 5.10 Å². The highest BCUT2D eigenvalue weighted by molar-refractivity contribution is 7.12. The predicted molar refractivity (Wildman–Crippen MR) is 74.1 cm³/mol. The molecule has 0 unspecified atom stereocenters. The molecule has 0 radical (unpaired) electrons. The van der Waals surface area contributed by atoms with Crippen molar-refractivity contribution < 1.29 is 22.8 Å². The summed E-state index contributed by atoms with van der Waals surface area (Å²) in [6, 6.07) is 2.98. The fourth-order valence-corrected chi connectivity index (χ4v) is 2.39. The number of halogens is 3. The maximum Gasteiger partial charge on any atom is 0.431 e. The van der Waals surface area contributed by atoms with Crippen LogP contribution in [0.4, 0.5) is 13.2 Å². The van der Waals surface area contributed by atoms with Gasteiger partial charge < -0.3 is 0 Å². The normalized spacial score (nSPS) is 12.2. The van der Waals surface area contributed by atoms with Crippen LogP contribution in [0, 0.1) is 0 Å². The van der Waals surface area contributed by atoms with E-state index in [1.54, 1.807) is 16.9 Å². The van der Waals surface area contributed by atoms with Crippen molar-refractivity contribution in [1.82, 2.24) is 15.0 Å². The first-order valence-electron chi connectivity index (χ1n) is 5.66. The van der Waals surface area contributed by atoms with Gasteiger partial charge in [0.2, 0.25) is 0 Å². The molecule has 0 atom stereocenters. The van der Waals surface area contributed by atoms with Crippen LogP contribution in [0.3, 0.4) is 0 Å². The number of hydrogen-bond acceptors (Lipinski definition) is 7. The first-order valence-corrected chi connectivity index (χ1v) is 7.31. The number of Topliss-reactive ketones (excluding diaryl/α,β-unsaturated/α-hetero) is 1. The van der Waals surface area contributed by atoms with E-state index in [0.717, 1.165) is 17.5 Å². The highest BCUT2D eigenvalue weighted by atomic mass is 32.1. The number of hydrogen-bond donors (Lipinski definition) is 1. The summed E-state index contributed by atoms with van der Waals surface area (Å²) in [6.45, 7) is 0. The standard InChI is InChI=1S/C11H7F3N4O2S2/c12-11(13,14)9(4-6(19)7-2-1-3-21-7)16-17-10(20)8-5-15-18-22-8/h1-3,5H,4H2,(H,17,20). The van der Waals surface area contributed by atoms with Crippen molar-refractivity contribution in [3.63, 3.8) is 0 Å². The summed E-state index contributed by atoms with van der Waals surface area (Å²) in [4.78, 5) is 23.4. The Labute approximate surface area is 129 Å². The summed E-state index contributed by atoms with van der Waals surface area (Å²) >= 11 is 1.75. The molecule has 22 heavy (non-hydrogen) atoms. The molecule has 0 saturated heterocycles. The molecule has 2 aromatic heterocycles. The van der Waals surface area contributed by atoms with Gasteiger partial charge in [0.15, 0.2) is 5.78 Å². The second-order valence-electron chi connectivity index (χ2n) is 3.86. The lowest BCUT2D eigenvalue weighted by molar-refractivity contribution is -0.0605. The predicted octanol–water partition coefficient (Wildman–Crippen LogP) is 2.52. The van der Waals surface area contributed by atoms with E-state index in [4.69, 9.17) is 0 Å². The smallest absolute Gasteiger partial charge is 0.293 e. The van der Waals surface area contributed by atoms with E-state index in [-0.39, 0.29) is 9.75 Å². The minimum Gasteiger partial charge on any atom is -0.293 e. The van der Waals surface area contributed by atoms with Gasteiger partial charge in [0.05, 0.1) is 17.5 Å². The highest BCUT2D eigenvalue weighted by Gasteiger charge is 2.37. The van der Waals surface area contributed by atoms with Crippen molar-refractivity contribution in [2.75, 3.05) is 0 Å². The fourth-order valence-electron chi connectivity index (χ4n) is 1.32. The van der Waals surface area contributed by atoms with Gasteiger partial charge in [0.1, 0.15) is 10.6 Å². The van der Waals surface area contributed by atoms with Crippen molar-refractivity contribution in [1.29, 1.82) is 0 Å². The van der Waals surface area contributed by atoms with Gasteiger partial charge in [-0.25, -0.2) is 5.43 Å². The monoisotopic (exact) mass is 348 g/mol. The van der Waals surface area contributed by atoms with Crippen LogP contribution in [0.25, 0.3) is 0 Å². The number of ketones is 1. The second kappa shape index (κ2) is 6.75. The van der Waals surface area contributed by atoms with Crippen molar-refractivity contribution in [2.45, 2.75) is 12.6 Å². The maximum atomic E-state index is 12.9. The molecule has 2 heterocycles. The number of aromatic nitrogens is 2. The molecule has 2 aromatic rings. The third-order valence-corrected chi connectivity index (χ3v) is 3.90. The molecule has 0 bridgehead atoms. The van der Waals surface area contributed by atoms with Gasteiger partial charge >= 0.3 is 6.18 Å². The summed E-state index contributed by atoms with van der Waals surface area (Å²) in [5.74, 6) is -1.60. The van der Waals surface area contributed by atoms with Gasteiger partial charge in [-0.05, 0) is 23.0 Å². The van der Waals surface area contributed by atoms with E-state index >= 15 is 0 Å². The first kappa shape index (κ1) is 16.2. The Balaban J connectivity index is 2.11. The Bertz CT molecular complexity index is 681. The van der Waals surface area contributed by atoms with E-state index in [0.29, 0.717) is 11.5 Å². The molecule has 11 heteroatoms. The summed E-state index contributed by atoms with van der Waals surface area (Å²) in [5, 5.41) is 7.99. The Hall–Kier alpha value is -2.14. The van der Waals surface area contributed by atoms with Crippen LogP contribution >= 0.6 is 22.9 Å². The number of alkyl halides is 3. The van der Waals surface area contributed by atoms with Gasteiger partial charge in [0.25, 0.3) is 5.91 Å². The number of nitrogens with one attached hydrogen (secondary N) is 1. The number of thiophene rings is 1. The Morgan fingerprint density at radius 1 is 1.32 bits per heavy atom. The number of amides is 1. The van der Waals surface area contributed by atoms with E-state index < -0.39 is 30.0 Å². The van der Waals surface area contributed by atoms with Crippen LogP contribution < -0.4 is 5.43 Å². The van der Waals surface area contributed by atoms with Crippen molar-refractivity contribution in [3.8, 4) is 0 Å². The van der Waals surface area contributed by atoms with Crippen molar-refractivity contribution in [3.05, 3.63) is 33.5 Å². The molecular weight excluding hydrogens is 341 g/mol. The summed E-state index contributed by atoms with van der Waals surface area (Å²) in [6.07, 6.45) is -4.68. The summed E-state index contributed by atoms with van der Waals surface area (Å²) < 4.78 is 42.0. The first-order chi connectivity index (χ1) is 10.4. The molecule has 0 aliphatic rings. The molecule has 6 nitrogen and oxygen atoms in total. The molecular formula is C11H7F3N4O2S2. The van der Waals surface area contributed by atoms with E-state index in [1.807, 2.05) is 0 Å². The Morgan fingerprint density at radius 3 is 2.64 bits per heavy atom. The average molecular weight is 348 g/mol. The summed E-state index contributed by atoms with van der Waals surface area (Å²) in [5.41, 5.74) is 0.375. The van der Waals surface area contributed by atoms with Crippen LogP contribution in [0.15, 0.2) is 28.8 Å². The Kier molecular flexibility index (Phi) is 4.98. The van der Waals surface area contributed by atoms with Gasteiger partial charge in [0, 0.05) is 0 Å². The van der Waals surface area contributed by atoms with E-state index in [1.165, 1.54) is 6.07 Å². The highest BCUT2D eigenvalue weighted by Crippen LogP contribution is 2.22. The molecule has 1 N–H and O–H groups in total. The SMILES string of the molecule is O=C(CC(=NNC(=O)c1cnns1)C(F)(F)F)c1cccs1. The third kappa shape index (κ3) is 4.18. The van der Waals surface area contributed by atoms with Gasteiger partial charge in [-0.1, -0.05) is 10.6 Å². The number of carbonyl (C=O) groups excluding carboxylic acids is 2. The molecule has 0 spiro atoms. The molecule has 0 fully saturated rings. The minimum atomic E-state index is -4.83. The topological polar surface area (TPSA) is 84.3 Å². The quantitative estimate of drug-likeness (QED) is 0.511. The fraction of sp³-hybridized carbons (Fsp3) is 0.182. The lowest BCUT2D eigenvalue weighted by atomic mass is 10.1. The number of hydrazone groups is 1. The number of carbonyl (C=O) groups is 2. The molecule has 0 aliphatic heterocycles. The zero-order valence-corrected chi connectivity index (χ0v) is 12.3. The molecule has 0 aliphatic carbocycles. The van der Waals surface area contributed by atoms with Crippen LogP contribution in [-0.4, -0.2) is 33.2 Å². The summed E-state index contributed by atoms with van der Waals surface area (Å²) in [7, 11) is 0. The molecule has 116 valence electrons. The van der Waals surface area contributed by atoms with E-state index in [2.05, 4.69) is 14.7 Å². The number of nitrogens with zero attached hydrogens (tertiary/aromatic N) is 3. The lowest BCUT2D eigenvalue weighted by Gasteiger charge is -2.09. The molecule has 0 aromatic carbocycles. The van der Waals surface area contributed by atoms with Crippen molar-refractivity contribution >= 4 is 40.3 Å². The zero-order chi connectivity index (χ0) is 16.2. The molecule has 2 rings (SSSR count). The van der Waals surface area contributed by atoms with Crippen LogP contribution in [0.1, 0.15) is 25.8 Å². The van der Waals surface area contributed by atoms with Gasteiger partial charge in [-0.3, -0.25) is 9.59 Å². The third-order valence-electron chi connectivity index (χ3n) is 2.33. The zero-order valence-electron chi connectivity index (χ0n) is 10.6. The average Bonchev–Trinajstić information content (AvgIpc) is 3.13. The number of rotatable bonds is 5. The lowest BCUT2D eigenvalue weighted by Crippen LogP contribution is -2.30. The van der Waals surface area contributed by atoms with Crippen LogP contribution in [0.5, 0.6) is 0 Å². The van der Waals surface area contributed by atoms with Crippen LogP contribution in [0.2, 0.25) is 0 Å². The van der Waals surface area contributed by atoms with Crippen LogP contribution in [-0.2, 0) is 0 Å². The second-order valence-corrected chi connectivity index (χ2v) is 5.59. The van der Waals surface area contributed by atoms with Gasteiger partial charge in [-0.15, -0.1) is 16.4 Å². The Morgan fingerprint density at radius 2 is 2.09 bits per heavy atom. The van der Waals surface area contributed by atoms with Gasteiger partial charge in [-0.2, -0.15) is 18.3 Å². The molecule has 0 saturated carbocycles.